The van der Waals surface area contributed by atoms with Crippen LogP contribution in [0.2, 0.25) is 0 Å². The molecule has 4 heteroatoms. The standard InChI is InChI=1S/C13H20N2O2/c1-4-15(5-2)13(16)14-10-11-7-6-8-12(9-11)17-3/h6-9H,4-5,10H2,1-3H3,(H,14,16). The molecule has 4 nitrogen and oxygen atoms in total. The summed E-state index contributed by atoms with van der Waals surface area (Å²) in [5.41, 5.74) is 1.03. The van der Waals surface area contributed by atoms with E-state index in [-0.39, 0.29) is 6.03 Å². The zero-order chi connectivity index (χ0) is 12.7. The SMILES string of the molecule is CCN(CC)C(=O)NCc1cccc(OC)c1. The van der Waals surface area contributed by atoms with Crippen molar-refractivity contribution in [3.8, 4) is 5.75 Å². The third-order valence-electron chi connectivity index (χ3n) is 2.63. The fraction of sp³-hybridized carbons (Fsp3) is 0.462. The molecule has 94 valence electrons. The smallest absolute Gasteiger partial charge is 0.317 e. The zero-order valence-electron chi connectivity index (χ0n) is 10.7. The number of amides is 2. The zero-order valence-corrected chi connectivity index (χ0v) is 10.7. The topological polar surface area (TPSA) is 41.6 Å². The van der Waals surface area contributed by atoms with Crippen LogP contribution < -0.4 is 10.1 Å². The van der Waals surface area contributed by atoms with E-state index in [9.17, 15) is 4.79 Å². The highest BCUT2D eigenvalue weighted by Crippen LogP contribution is 2.12. The monoisotopic (exact) mass is 236 g/mol. The highest BCUT2D eigenvalue weighted by Gasteiger charge is 2.08. The van der Waals surface area contributed by atoms with Crippen molar-refractivity contribution in [3.05, 3.63) is 29.8 Å². The van der Waals surface area contributed by atoms with Crippen LogP contribution in [0, 0.1) is 0 Å². The lowest BCUT2D eigenvalue weighted by atomic mass is 10.2. The first kappa shape index (κ1) is 13.4. The Morgan fingerprint density at radius 1 is 1.35 bits per heavy atom. The molecule has 0 atom stereocenters. The largest absolute Gasteiger partial charge is 0.497 e. The minimum absolute atomic E-state index is 0.0298. The molecule has 0 heterocycles. The second-order valence-electron chi connectivity index (χ2n) is 3.68. The first-order valence-electron chi connectivity index (χ1n) is 5.87. The number of carbonyl (C=O) groups is 1. The highest BCUT2D eigenvalue weighted by atomic mass is 16.5. The summed E-state index contributed by atoms with van der Waals surface area (Å²) in [4.78, 5) is 13.5. The summed E-state index contributed by atoms with van der Waals surface area (Å²) < 4.78 is 5.13. The van der Waals surface area contributed by atoms with E-state index in [2.05, 4.69) is 5.32 Å². The second-order valence-corrected chi connectivity index (χ2v) is 3.68. The summed E-state index contributed by atoms with van der Waals surface area (Å²) in [6.45, 7) is 5.90. The van der Waals surface area contributed by atoms with Gasteiger partial charge in [0.25, 0.3) is 0 Å². The molecule has 0 bridgehead atoms. The third kappa shape index (κ3) is 3.98. The summed E-state index contributed by atoms with van der Waals surface area (Å²) in [7, 11) is 1.63. The Bertz CT molecular complexity index is 362. The fourth-order valence-corrected chi connectivity index (χ4v) is 1.58. The summed E-state index contributed by atoms with van der Waals surface area (Å²) in [5.74, 6) is 0.805. The van der Waals surface area contributed by atoms with E-state index in [1.165, 1.54) is 0 Å². The maximum atomic E-state index is 11.7. The number of hydrogen-bond acceptors (Lipinski definition) is 2. The summed E-state index contributed by atoms with van der Waals surface area (Å²) in [6, 6.07) is 7.65. The Balaban J connectivity index is 2.52. The van der Waals surface area contributed by atoms with Crippen LogP contribution in [0.15, 0.2) is 24.3 Å². The maximum absolute atomic E-state index is 11.7. The van der Waals surface area contributed by atoms with Gasteiger partial charge in [-0.05, 0) is 31.5 Å². The van der Waals surface area contributed by atoms with Crippen LogP contribution in [0.25, 0.3) is 0 Å². The van der Waals surface area contributed by atoms with Crippen LogP contribution >= 0.6 is 0 Å². The van der Waals surface area contributed by atoms with Crippen LogP contribution in [-0.2, 0) is 6.54 Å². The maximum Gasteiger partial charge on any atom is 0.317 e. The number of benzene rings is 1. The van der Waals surface area contributed by atoms with E-state index >= 15 is 0 Å². The summed E-state index contributed by atoms with van der Waals surface area (Å²) >= 11 is 0. The van der Waals surface area contributed by atoms with E-state index in [4.69, 9.17) is 4.74 Å². The molecule has 0 aliphatic heterocycles. The van der Waals surface area contributed by atoms with Crippen molar-refractivity contribution in [2.75, 3.05) is 20.2 Å². The van der Waals surface area contributed by atoms with Crippen LogP contribution in [0.4, 0.5) is 4.79 Å². The molecule has 0 radical (unpaired) electrons. The van der Waals surface area contributed by atoms with Crippen molar-refractivity contribution in [1.29, 1.82) is 0 Å². The van der Waals surface area contributed by atoms with Crippen molar-refractivity contribution in [2.45, 2.75) is 20.4 Å². The van der Waals surface area contributed by atoms with Crippen molar-refractivity contribution in [3.63, 3.8) is 0 Å². The number of methoxy groups -OCH3 is 1. The van der Waals surface area contributed by atoms with E-state index in [1.807, 2.05) is 38.1 Å². The average molecular weight is 236 g/mol. The Labute approximate surface area is 103 Å². The minimum Gasteiger partial charge on any atom is -0.497 e. The predicted molar refractivity (Wildman–Crippen MR) is 68.2 cm³/mol. The fourth-order valence-electron chi connectivity index (χ4n) is 1.58. The van der Waals surface area contributed by atoms with Crippen LogP contribution in [0.3, 0.4) is 0 Å². The molecule has 0 unspecified atom stereocenters. The minimum atomic E-state index is -0.0298. The predicted octanol–water partition coefficient (Wildman–Crippen LogP) is 2.25. The first-order valence-corrected chi connectivity index (χ1v) is 5.87. The van der Waals surface area contributed by atoms with Gasteiger partial charge in [-0.2, -0.15) is 0 Å². The number of urea groups is 1. The van der Waals surface area contributed by atoms with Gasteiger partial charge in [0.15, 0.2) is 0 Å². The number of ether oxygens (including phenoxy) is 1. The number of nitrogens with one attached hydrogen (secondary N) is 1. The van der Waals surface area contributed by atoms with Gasteiger partial charge in [-0.25, -0.2) is 4.79 Å². The molecule has 2 amide bonds. The van der Waals surface area contributed by atoms with Gasteiger partial charge < -0.3 is 15.0 Å². The molecule has 0 saturated carbocycles. The summed E-state index contributed by atoms with van der Waals surface area (Å²) in [5, 5.41) is 2.88. The van der Waals surface area contributed by atoms with Crippen molar-refractivity contribution >= 4 is 6.03 Å². The first-order chi connectivity index (χ1) is 8.21. The Morgan fingerprint density at radius 2 is 2.06 bits per heavy atom. The number of rotatable bonds is 5. The molecule has 0 saturated heterocycles. The van der Waals surface area contributed by atoms with Crippen molar-refractivity contribution in [2.24, 2.45) is 0 Å². The van der Waals surface area contributed by atoms with Gasteiger partial charge in [0.05, 0.1) is 7.11 Å². The van der Waals surface area contributed by atoms with E-state index in [1.54, 1.807) is 12.0 Å². The molecule has 1 aromatic carbocycles. The van der Waals surface area contributed by atoms with Gasteiger partial charge in [-0.15, -0.1) is 0 Å². The Morgan fingerprint density at radius 3 is 2.65 bits per heavy atom. The third-order valence-corrected chi connectivity index (χ3v) is 2.63. The van der Waals surface area contributed by atoms with Gasteiger partial charge in [0, 0.05) is 19.6 Å². The molecule has 1 N–H and O–H groups in total. The lowest BCUT2D eigenvalue weighted by Crippen LogP contribution is -2.39. The Hall–Kier alpha value is -1.71. The molecule has 1 aromatic rings. The normalized spacial score (nSPS) is 9.82. The lowest BCUT2D eigenvalue weighted by molar-refractivity contribution is 0.203. The Kier molecular flexibility index (Phi) is 5.33. The molecule has 0 spiro atoms. The van der Waals surface area contributed by atoms with Gasteiger partial charge in [-0.3, -0.25) is 0 Å². The molecule has 0 aromatic heterocycles. The van der Waals surface area contributed by atoms with Crippen molar-refractivity contribution < 1.29 is 9.53 Å². The van der Waals surface area contributed by atoms with Gasteiger partial charge in [0.2, 0.25) is 0 Å². The molecule has 1 rings (SSSR count). The lowest BCUT2D eigenvalue weighted by Gasteiger charge is -2.19. The van der Waals surface area contributed by atoms with E-state index < -0.39 is 0 Å². The highest BCUT2D eigenvalue weighted by molar-refractivity contribution is 5.74. The quantitative estimate of drug-likeness (QED) is 0.852. The van der Waals surface area contributed by atoms with E-state index in [0.29, 0.717) is 6.54 Å². The van der Waals surface area contributed by atoms with Gasteiger partial charge in [-0.1, -0.05) is 12.1 Å². The van der Waals surface area contributed by atoms with Crippen molar-refractivity contribution in [1.82, 2.24) is 10.2 Å². The number of carbonyl (C=O) groups excluding carboxylic acids is 1. The van der Waals surface area contributed by atoms with Crippen LogP contribution in [-0.4, -0.2) is 31.1 Å². The molecule has 0 fully saturated rings. The van der Waals surface area contributed by atoms with Crippen LogP contribution in [0.5, 0.6) is 5.75 Å². The average Bonchev–Trinajstić information content (AvgIpc) is 2.38. The summed E-state index contributed by atoms with van der Waals surface area (Å²) in [6.07, 6.45) is 0. The van der Waals surface area contributed by atoms with E-state index in [0.717, 1.165) is 24.4 Å². The molecule has 0 aliphatic carbocycles. The van der Waals surface area contributed by atoms with Crippen LogP contribution in [0.1, 0.15) is 19.4 Å². The molecular formula is C13H20N2O2. The second kappa shape index (κ2) is 6.78. The number of hydrogen-bond donors (Lipinski definition) is 1. The number of nitrogens with zero attached hydrogens (tertiary/aromatic N) is 1. The van der Waals surface area contributed by atoms with Gasteiger partial charge >= 0.3 is 6.03 Å². The molecule has 0 aliphatic rings. The molecule has 17 heavy (non-hydrogen) atoms. The molecular weight excluding hydrogens is 216 g/mol. The van der Waals surface area contributed by atoms with Gasteiger partial charge in [0.1, 0.15) is 5.75 Å².